The number of benzene rings is 1. The topological polar surface area (TPSA) is 64.3 Å². The smallest absolute Gasteiger partial charge is 0.242 e. The van der Waals surface area contributed by atoms with Gasteiger partial charge < -0.3 is 15.4 Å². The van der Waals surface area contributed by atoms with E-state index >= 15 is 0 Å². The number of hydrogen-bond acceptors (Lipinski definition) is 5. The van der Waals surface area contributed by atoms with Gasteiger partial charge in [0.05, 0.1) is 7.11 Å². The Morgan fingerprint density at radius 2 is 2.21 bits per heavy atom. The van der Waals surface area contributed by atoms with Crippen LogP contribution >= 0.6 is 0 Å². The second-order valence-electron chi connectivity index (χ2n) is 4.29. The Kier molecular flexibility index (Phi) is 2.70. The van der Waals surface area contributed by atoms with Crippen LogP contribution in [0.3, 0.4) is 0 Å². The molecule has 6 heteroatoms. The molecule has 0 saturated carbocycles. The first-order valence-electron chi connectivity index (χ1n) is 5.91. The van der Waals surface area contributed by atoms with Gasteiger partial charge in [-0.1, -0.05) is 6.07 Å². The van der Waals surface area contributed by atoms with Gasteiger partial charge in [0.1, 0.15) is 17.8 Å². The molecule has 19 heavy (non-hydrogen) atoms. The van der Waals surface area contributed by atoms with E-state index in [2.05, 4.69) is 9.97 Å². The van der Waals surface area contributed by atoms with Gasteiger partial charge in [-0.25, -0.2) is 9.37 Å². The van der Waals surface area contributed by atoms with Gasteiger partial charge in [-0.2, -0.15) is 4.98 Å². The van der Waals surface area contributed by atoms with Gasteiger partial charge in [0.2, 0.25) is 5.88 Å². The minimum absolute atomic E-state index is 0.273. The SMILES string of the molecule is COc1ncnc(N2CCc3ccc(F)cc32)c1N. The number of ether oxygens (including phenoxy) is 1. The Hall–Kier alpha value is -2.37. The summed E-state index contributed by atoms with van der Waals surface area (Å²) in [5, 5.41) is 0. The molecule has 0 spiro atoms. The highest BCUT2D eigenvalue weighted by atomic mass is 19.1. The summed E-state index contributed by atoms with van der Waals surface area (Å²) in [5.74, 6) is 0.608. The summed E-state index contributed by atoms with van der Waals surface area (Å²) >= 11 is 0. The molecular formula is C13H13FN4O. The van der Waals surface area contributed by atoms with E-state index in [1.165, 1.54) is 25.6 Å². The van der Waals surface area contributed by atoms with E-state index < -0.39 is 0 Å². The van der Waals surface area contributed by atoms with Crippen LogP contribution < -0.4 is 15.4 Å². The second-order valence-corrected chi connectivity index (χ2v) is 4.29. The highest BCUT2D eigenvalue weighted by molar-refractivity contribution is 5.77. The van der Waals surface area contributed by atoms with E-state index in [4.69, 9.17) is 10.5 Å². The highest BCUT2D eigenvalue weighted by Gasteiger charge is 2.24. The Morgan fingerprint density at radius 1 is 1.37 bits per heavy atom. The van der Waals surface area contributed by atoms with Crippen molar-refractivity contribution in [3.63, 3.8) is 0 Å². The van der Waals surface area contributed by atoms with Crippen LogP contribution in [-0.4, -0.2) is 23.6 Å². The van der Waals surface area contributed by atoms with E-state index in [0.717, 1.165) is 17.7 Å². The molecular weight excluding hydrogens is 247 g/mol. The minimum Gasteiger partial charge on any atom is -0.479 e. The zero-order chi connectivity index (χ0) is 13.4. The predicted molar refractivity (Wildman–Crippen MR) is 70.1 cm³/mol. The molecule has 1 aromatic heterocycles. The first-order chi connectivity index (χ1) is 9.20. The van der Waals surface area contributed by atoms with Crippen molar-refractivity contribution in [2.75, 3.05) is 24.3 Å². The van der Waals surface area contributed by atoms with Gasteiger partial charge in [0.15, 0.2) is 5.82 Å². The summed E-state index contributed by atoms with van der Waals surface area (Å²) < 4.78 is 18.5. The average Bonchev–Trinajstić information content (AvgIpc) is 2.82. The maximum absolute atomic E-state index is 13.4. The molecule has 0 aliphatic carbocycles. The third-order valence-corrected chi connectivity index (χ3v) is 3.22. The van der Waals surface area contributed by atoms with Crippen LogP contribution in [0.25, 0.3) is 0 Å². The van der Waals surface area contributed by atoms with Crippen molar-refractivity contribution in [2.24, 2.45) is 0 Å². The van der Waals surface area contributed by atoms with Gasteiger partial charge in [0, 0.05) is 12.2 Å². The fraction of sp³-hybridized carbons (Fsp3) is 0.231. The quantitative estimate of drug-likeness (QED) is 0.893. The molecule has 1 aromatic carbocycles. The number of anilines is 3. The molecule has 0 bridgehead atoms. The van der Waals surface area contributed by atoms with Gasteiger partial charge in [-0.3, -0.25) is 0 Å². The molecule has 1 aliphatic heterocycles. The molecule has 0 amide bonds. The van der Waals surface area contributed by atoms with Gasteiger partial charge >= 0.3 is 0 Å². The molecule has 0 radical (unpaired) electrons. The molecule has 2 heterocycles. The van der Waals surface area contributed by atoms with Crippen molar-refractivity contribution in [1.29, 1.82) is 0 Å². The van der Waals surface area contributed by atoms with Crippen molar-refractivity contribution in [1.82, 2.24) is 9.97 Å². The normalized spacial score (nSPS) is 13.5. The largest absolute Gasteiger partial charge is 0.479 e. The van der Waals surface area contributed by atoms with Crippen molar-refractivity contribution in [2.45, 2.75) is 6.42 Å². The molecule has 5 nitrogen and oxygen atoms in total. The van der Waals surface area contributed by atoms with Crippen LogP contribution in [0.4, 0.5) is 21.6 Å². The van der Waals surface area contributed by atoms with Gasteiger partial charge in [0.25, 0.3) is 0 Å². The van der Waals surface area contributed by atoms with Crippen LogP contribution in [-0.2, 0) is 6.42 Å². The Balaban J connectivity index is 2.09. The molecule has 1 aliphatic rings. The summed E-state index contributed by atoms with van der Waals surface area (Å²) in [5.41, 5.74) is 8.23. The summed E-state index contributed by atoms with van der Waals surface area (Å²) in [7, 11) is 1.50. The van der Waals surface area contributed by atoms with Crippen molar-refractivity contribution in [3.05, 3.63) is 35.9 Å². The number of rotatable bonds is 2. The number of methoxy groups -OCH3 is 1. The molecule has 0 fully saturated rings. The molecule has 2 aromatic rings. The third kappa shape index (κ3) is 1.85. The first kappa shape index (κ1) is 11.7. The average molecular weight is 260 g/mol. The molecule has 2 N–H and O–H groups in total. The summed E-state index contributed by atoms with van der Waals surface area (Å²) in [6, 6.07) is 4.75. The Bertz CT molecular complexity index is 632. The zero-order valence-electron chi connectivity index (χ0n) is 10.4. The van der Waals surface area contributed by atoms with Crippen molar-refractivity contribution < 1.29 is 9.13 Å². The van der Waals surface area contributed by atoms with Crippen molar-refractivity contribution in [3.8, 4) is 5.88 Å². The number of halogens is 1. The lowest BCUT2D eigenvalue weighted by Gasteiger charge is -2.20. The van der Waals surface area contributed by atoms with E-state index in [9.17, 15) is 4.39 Å². The number of nitrogens with two attached hydrogens (primary N) is 1. The van der Waals surface area contributed by atoms with E-state index in [1.807, 2.05) is 4.90 Å². The van der Waals surface area contributed by atoms with E-state index in [1.54, 1.807) is 6.07 Å². The molecule has 3 rings (SSSR count). The summed E-state index contributed by atoms with van der Waals surface area (Å²) in [6.07, 6.45) is 2.23. The van der Waals surface area contributed by atoms with E-state index in [-0.39, 0.29) is 5.82 Å². The number of hydrogen-bond donors (Lipinski definition) is 1. The summed E-state index contributed by atoms with van der Waals surface area (Å²) in [6.45, 7) is 0.711. The van der Waals surface area contributed by atoms with Crippen LogP contribution in [0.5, 0.6) is 5.88 Å². The maximum Gasteiger partial charge on any atom is 0.242 e. The number of fused-ring (bicyclic) bond motifs is 1. The van der Waals surface area contributed by atoms with Crippen LogP contribution in [0, 0.1) is 5.82 Å². The zero-order valence-corrected chi connectivity index (χ0v) is 10.4. The second kappa shape index (κ2) is 4.38. The molecule has 0 atom stereocenters. The number of aromatic nitrogens is 2. The fourth-order valence-electron chi connectivity index (χ4n) is 2.32. The van der Waals surface area contributed by atoms with Crippen LogP contribution in [0.2, 0.25) is 0 Å². The third-order valence-electron chi connectivity index (χ3n) is 3.22. The Labute approximate surface area is 109 Å². The lowest BCUT2D eigenvalue weighted by atomic mass is 10.2. The van der Waals surface area contributed by atoms with Crippen LogP contribution in [0.1, 0.15) is 5.56 Å². The molecule has 98 valence electrons. The minimum atomic E-state index is -0.273. The van der Waals surface area contributed by atoms with E-state index in [0.29, 0.717) is 23.9 Å². The Morgan fingerprint density at radius 3 is 3.00 bits per heavy atom. The summed E-state index contributed by atoms with van der Waals surface area (Å²) in [4.78, 5) is 10.0. The lowest BCUT2D eigenvalue weighted by Crippen LogP contribution is -2.17. The van der Waals surface area contributed by atoms with Crippen molar-refractivity contribution >= 4 is 17.2 Å². The van der Waals surface area contributed by atoms with Gasteiger partial charge in [-0.05, 0) is 24.1 Å². The first-order valence-corrected chi connectivity index (χ1v) is 5.91. The highest BCUT2D eigenvalue weighted by Crippen LogP contribution is 2.38. The lowest BCUT2D eigenvalue weighted by molar-refractivity contribution is 0.399. The standard InChI is InChI=1S/C13H13FN4O/c1-19-13-11(15)12(16-7-17-13)18-5-4-8-2-3-9(14)6-10(8)18/h2-3,6-7H,4-5,15H2,1H3. The monoisotopic (exact) mass is 260 g/mol. The number of nitrogens with zero attached hydrogens (tertiary/aromatic N) is 3. The fourth-order valence-corrected chi connectivity index (χ4v) is 2.32. The van der Waals surface area contributed by atoms with Crippen LogP contribution in [0.15, 0.2) is 24.5 Å². The molecule has 0 saturated heterocycles. The molecule has 0 unspecified atom stereocenters. The van der Waals surface area contributed by atoms with Gasteiger partial charge in [-0.15, -0.1) is 0 Å². The predicted octanol–water partition coefficient (Wildman–Crippen LogP) is 1.90. The number of nitrogen functional groups attached to an aromatic ring is 1. The maximum atomic E-state index is 13.4.